The van der Waals surface area contributed by atoms with E-state index >= 15 is 0 Å². The monoisotopic (exact) mass is 273 g/mol. The Labute approximate surface area is 120 Å². The van der Waals surface area contributed by atoms with Crippen molar-refractivity contribution in [3.63, 3.8) is 0 Å². The number of aliphatic hydroxyl groups is 1. The first-order valence-electron chi connectivity index (χ1n) is 7.83. The number of nitrogens with one attached hydrogen (secondary N) is 1. The first kappa shape index (κ1) is 13.6. The first-order valence-corrected chi connectivity index (χ1v) is 7.83. The van der Waals surface area contributed by atoms with Crippen LogP contribution in [0.15, 0.2) is 18.2 Å². The molecule has 0 unspecified atom stereocenters. The number of carbonyl (C=O) groups is 1. The van der Waals surface area contributed by atoms with E-state index in [1.54, 1.807) is 0 Å². The van der Waals surface area contributed by atoms with Gasteiger partial charge in [-0.3, -0.25) is 4.79 Å². The van der Waals surface area contributed by atoms with Crippen LogP contribution in [0.1, 0.15) is 60.0 Å². The van der Waals surface area contributed by atoms with Crippen LogP contribution < -0.4 is 5.32 Å². The summed E-state index contributed by atoms with van der Waals surface area (Å²) >= 11 is 0. The maximum absolute atomic E-state index is 12.3. The van der Waals surface area contributed by atoms with Crippen molar-refractivity contribution in [1.82, 2.24) is 5.32 Å². The highest BCUT2D eigenvalue weighted by molar-refractivity contribution is 5.94. The molecule has 3 heteroatoms. The Morgan fingerprint density at radius 1 is 1.05 bits per heavy atom. The number of benzene rings is 1. The maximum atomic E-state index is 12.3. The molecule has 1 amide bonds. The smallest absolute Gasteiger partial charge is 0.251 e. The van der Waals surface area contributed by atoms with Crippen LogP contribution in [-0.4, -0.2) is 23.2 Å². The minimum atomic E-state index is -0.174. The molecule has 2 aliphatic carbocycles. The normalized spacial score (nSPS) is 25.9. The summed E-state index contributed by atoms with van der Waals surface area (Å²) in [6, 6.07) is 6.37. The van der Waals surface area contributed by atoms with Crippen molar-refractivity contribution in [2.75, 3.05) is 0 Å². The minimum absolute atomic E-state index is 0.0414. The highest BCUT2D eigenvalue weighted by Gasteiger charge is 2.21. The highest BCUT2D eigenvalue weighted by Crippen LogP contribution is 2.23. The molecule has 1 fully saturated rings. The van der Waals surface area contributed by atoms with Crippen molar-refractivity contribution in [3.8, 4) is 0 Å². The molecule has 20 heavy (non-hydrogen) atoms. The van der Waals surface area contributed by atoms with Gasteiger partial charge in [0.15, 0.2) is 0 Å². The zero-order valence-corrected chi connectivity index (χ0v) is 11.9. The van der Waals surface area contributed by atoms with Gasteiger partial charge < -0.3 is 10.4 Å². The van der Waals surface area contributed by atoms with Gasteiger partial charge in [-0.2, -0.15) is 0 Å². The Morgan fingerprint density at radius 2 is 1.75 bits per heavy atom. The average molecular weight is 273 g/mol. The predicted molar refractivity (Wildman–Crippen MR) is 78.8 cm³/mol. The minimum Gasteiger partial charge on any atom is -0.393 e. The summed E-state index contributed by atoms with van der Waals surface area (Å²) in [6.07, 6.45) is 7.96. The van der Waals surface area contributed by atoms with Crippen LogP contribution in [0, 0.1) is 0 Å². The molecule has 2 N–H and O–H groups in total. The molecular weight excluding hydrogens is 250 g/mol. The van der Waals surface area contributed by atoms with Crippen LogP contribution in [0.2, 0.25) is 0 Å². The van der Waals surface area contributed by atoms with Crippen LogP contribution >= 0.6 is 0 Å². The Hall–Kier alpha value is -1.35. The number of aryl methyl sites for hydroxylation is 2. The third kappa shape index (κ3) is 3.04. The second kappa shape index (κ2) is 5.96. The Kier molecular flexibility index (Phi) is 4.06. The topological polar surface area (TPSA) is 49.3 Å². The standard InChI is InChI=1S/C17H23NO2/c19-16-9-7-15(8-10-16)18-17(20)14-6-5-12-3-1-2-4-13(12)11-14/h5-6,11,15-16,19H,1-4,7-10H2,(H,18,20). The Bertz CT molecular complexity index is 490. The summed E-state index contributed by atoms with van der Waals surface area (Å²) in [5, 5.41) is 12.6. The fourth-order valence-corrected chi connectivity index (χ4v) is 3.36. The summed E-state index contributed by atoms with van der Waals surface area (Å²) in [7, 11) is 0. The molecule has 1 aromatic rings. The third-order valence-corrected chi connectivity index (χ3v) is 4.64. The molecule has 0 radical (unpaired) electrons. The average Bonchev–Trinajstić information content (AvgIpc) is 2.49. The van der Waals surface area contributed by atoms with E-state index in [0.29, 0.717) is 0 Å². The lowest BCUT2D eigenvalue weighted by Gasteiger charge is -2.26. The van der Waals surface area contributed by atoms with Gasteiger partial charge in [0.1, 0.15) is 0 Å². The summed E-state index contributed by atoms with van der Waals surface area (Å²) < 4.78 is 0. The number of amides is 1. The zero-order chi connectivity index (χ0) is 13.9. The maximum Gasteiger partial charge on any atom is 0.251 e. The van der Waals surface area contributed by atoms with Gasteiger partial charge in [0.05, 0.1) is 6.10 Å². The van der Waals surface area contributed by atoms with E-state index in [1.807, 2.05) is 6.07 Å². The molecule has 2 aliphatic rings. The predicted octanol–water partition coefficient (Wildman–Crippen LogP) is 2.60. The van der Waals surface area contributed by atoms with Crippen molar-refractivity contribution < 1.29 is 9.90 Å². The van der Waals surface area contributed by atoms with Gasteiger partial charge in [-0.05, 0) is 74.6 Å². The van der Waals surface area contributed by atoms with Crippen LogP contribution in [0.5, 0.6) is 0 Å². The fraction of sp³-hybridized carbons (Fsp3) is 0.588. The van der Waals surface area contributed by atoms with Crippen LogP contribution in [0.4, 0.5) is 0 Å². The SMILES string of the molecule is O=C(NC1CCC(O)CC1)c1ccc2c(c1)CCCC2. The van der Waals surface area contributed by atoms with E-state index in [1.165, 1.54) is 24.0 Å². The molecule has 0 bridgehead atoms. The Morgan fingerprint density at radius 3 is 2.50 bits per heavy atom. The van der Waals surface area contributed by atoms with Gasteiger partial charge in [-0.25, -0.2) is 0 Å². The van der Waals surface area contributed by atoms with Crippen molar-refractivity contribution in [2.24, 2.45) is 0 Å². The molecule has 3 nitrogen and oxygen atoms in total. The van der Waals surface area contributed by atoms with Crippen LogP contribution in [0.3, 0.4) is 0 Å². The quantitative estimate of drug-likeness (QED) is 0.870. The zero-order valence-electron chi connectivity index (χ0n) is 11.9. The second-order valence-corrected chi connectivity index (χ2v) is 6.17. The molecule has 0 heterocycles. The largest absolute Gasteiger partial charge is 0.393 e. The van der Waals surface area contributed by atoms with Gasteiger partial charge in [0.25, 0.3) is 5.91 Å². The van der Waals surface area contributed by atoms with Crippen molar-refractivity contribution >= 4 is 5.91 Å². The molecule has 0 aromatic heterocycles. The lowest BCUT2D eigenvalue weighted by atomic mass is 9.90. The highest BCUT2D eigenvalue weighted by atomic mass is 16.3. The lowest BCUT2D eigenvalue weighted by molar-refractivity contribution is 0.0867. The molecule has 0 saturated heterocycles. The number of hydrogen-bond donors (Lipinski definition) is 2. The number of fused-ring (bicyclic) bond motifs is 1. The number of hydrogen-bond acceptors (Lipinski definition) is 2. The summed E-state index contributed by atoms with van der Waals surface area (Å²) in [4.78, 5) is 12.3. The molecule has 108 valence electrons. The molecule has 0 spiro atoms. The second-order valence-electron chi connectivity index (χ2n) is 6.17. The number of carbonyl (C=O) groups excluding carboxylic acids is 1. The van der Waals surface area contributed by atoms with E-state index in [2.05, 4.69) is 17.4 Å². The van der Waals surface area contributed by atoms with E-state index in [4.69, 9.17) is 0 Å². The van der Waals surface area contributed by atoms with E-state index in [0.717, 1.165) is 44.1 Å². The molecule has 1 aromatic carbocycles. The summed E-state index contributed by atoms with van der Waals surface area (Å²) in [5.41, 5.74) is 3.55. The van der Waals surface area contributed by atoms with Gasteiger partial charge in [0, 0.05) is 11.6 Å². The van der Waals surface area contributed by atoms with E-state index in [-0.39, 0.29) is 18.1 Å². The molecule has 3 rings (SSSR count). The van der Waals surface area contributed by atoms with Crippen LogP contribution in [-0.2, 0) is 12.8 Å². The van der Waals surface area contributed by atoms with E-state index in [9.17, 15) is 9.90 Å². The van der Waals surface area contributed by atoms with Gasteiger partial charge >= 0.3 is 0 Å². The number of aliphatic hydroxyl groups excluding tert-OH is 1. The molecular formula is C17H23NO2. The first-order chi connectivity index (χ1) is 9.72. The van der Waals surface area contributed by atoms with Gasteiger partial charge in [-0.1, -0.05) is 6.07 Å². The van der Waals surface area contributed by atoms with Gasteiger partial charge in [-0.15, -0.1) is 0 Å². The summed E-state index contributed by atoms with van der Waals surface area (Å²) in [6.45, 7) is 0. The lowest BCUT2D eigenvalue weighted by Crippen LogP contribution is -2.38. The van der Waals surface area contributed by atoms with Crippen molar-refractivity contribution in [1.29, 1.82) is 0 Å². The third-order valence-electron chi connectivity index (χ3n) is 4.64. The van der Waals surface area contributed by atoms with Crippen LogP contribution in [0.25, 0.3) is 0 Å². The molecule has 0 aliphatic heterocycles. The Balaban J connectivity index is 1.65. The molecule has 1 saturated carbocycles. The number of rotatable bonds is 2. The van der Waals surface area contributed by atoms with Gasteiger partial charge in [0.2, 0.25) is 0 Å². The fourth-order valence-electron chi connectivity index (χ4n) is 3.36. The van der Waals surface area contributed by atoms with Crippen molar-refractivity contribution in [3.05, 3.63) is 34.9 Å². The van der Waals surface area contributed by atoms with Crippen molar-refractivity contribution in [2.45, 2.75) is 63.5 Å². The summed E-state index contributed by atoms with van der Waals surface area (Å²) in [5.74, 6) is 0.0414. The van der Waals surface area contributed by atoms with E-state index < -0.39 is 0 Å². The molecule has 0 atom stereocenters.